The molecule has 0 aliphatic carbocycles. The van der Waals surface area contributed by atoms with Gasteiger partial charge in [-0.1, -0.05) is 0 Å². The molecule has 1 aromatic heterocycles. The number of nitrogens with zero attached hydrogens (tertiary/aromatic N) is 1. The van der Waals surface area contributed by atoms with E-state index in [2.05, 4.69) is 21.2 Å². The minimum absolute atomic E-state index is 0.0127. The highest BCUT2D eigenvalue weighted by Crippen LogP contribution is 2.22. The Kier molecular flexibility index (Phi) is 3.66. The van der Waals surface area contributed by atoms with Gasteiger partial charge in [-0.2, -0.15) is 0 Å². The van der Waals surface area contributed by atoms with Gasteiger partial charge in [-0.05, 0) is 47.1 Å². The highest BCUT2D eigenvalue weighted by Gasteiger charge is 2.14. The van der Waals surface area contributed by atoms with E-state index < -0.39 is 10.8 Å². The van der Waals surface area contributed by atoms with Crippen LogP contribution in [-0.4, -0.2) is 10.8 Å². The number of furan rings is 1. The first-order chi connectivity index (χ1) is 8.97. The largest absolute Gasteiger partial charge is 0.444 e. The van der Waals surface area contributed by atoms with Crippen LogP contribution in [0.3, 0.4) is 0 Å². The number of benzene rings is 1. The Bertz CT molecular complexity index is 651. The Morgan fingerprint density at radius 2 is 2.11 bits per heavy atom. The van der Waals surface area contributed by atoms with E-state index in [-0.39, 0.29) is 11.4 Å². The van der Waals surface area contributed by atoms with Crippen molar-refractivity contribution in [1.29, 1.82) is 0 Å². The maximum atomic E-state index is 11.8. The van der Waals surface area contributed by atoms with Crippen LogP contribution >= 0.6 is 15.9 Å². The summed E-state index contributed by atoms with van der Waals surface area (Å²) in [5.41, 5.74) is 0.961. The number of aryl methyl sites for hydroxylation is 1. The average Bonchev–Trinajstić information content (AvgIpc) is 2.75. The fourth-order valence-electron chi connectivity index (χ4n) is 1.57. The summed E-state index contributed by atoms with van der Waals surface area (Å²) in [5, 5.41) is 13.3. The molecule has 1 heterocycles. The number of halogens is 1. The van der Waals surface area contributed by atoms with Crippen LogP contribution in [0.2, 0.25) is 0 Å². The summed E-state index contributed by atoms with van der Waals surface area (Å²) in [6.07, 6.45) is 0. The van der Waals surface area contributed by atoms with Gasteiger partial charge in [0.05, 0.1) is 4.92 Å². The number of nitro groups is 1. The molecule has 0 aliphatic rings. The third-order valence-corrected chi connectivity index (χ3v) is 2.87. The van der Waals surface area contributed by atoms with Crippen molar-refractivity contribution in [1.82, 2.24) is 0 Å². The van der Waals surface area contributed by atoms with E-state index in [1.54, 1.807) is 13.0 Å². The van der Waals surface area contributed by atoms with Crippen molar-refractivity contribution in [2.45, 2.75) is 6.92 Å². The first-order valence-corrected chi connectivity index (χ1v) is 6.08. The Hall–Kier alpha value is -2.15. The number of carbonyl (C=O) groups is 1. The third kappa shape index (κ3) is 3.00. The summed E-state index contributed by atoms with van der Waals surface area (Å²) in [5.74, 6) is -0.262. The minimum Gasteiger partial charge on any atom is -0.444 e. The average molecular weight is 325 g/mol. The van der Waals surface area contributed by atoms with Gasteiger partial charge < -0.3 is 9.73 Å². The van der Waals surface area contributed by atoms with Crippen molar-refractivity contribution in [2.24, 2.45) is 0 Å². The second-order valence-electron chi connectivity index (χ2n) is 3.82. The number of nitro benzene ring substituents is 1. The molecule has 2 rings (SSSR count). The zero-order valence-corrected chi connectivity index (χ0v) is 11.4. The van der Waals surface area contributed by atoms with Gasteiger partial charge in [-0.25, -0.2) is 0 Å². The number of carbonyl (C=O) groups excluding carboxylic acids is 1. The molecule has 0 atom stereocenters. The Morgan fingerprint density at radius 1 is 1.37 bits per heavy atom. The molecular formula is C12H9BrN2O4. The van der Waals surface area contributed by atoms with Crippen molar-refractivity contribution >= 4 is 33.2 Å². The van der Waals surface area contributed by atoms with Crippen LogP contribution in [-0.2, 0) is 0 Å². The van der Waals surface area contributed by atoms with Crippen LogP contribution in [0.5, 0.6) is 0 Å². The normalized spacial score (nSPS) is 10.2. The molecule has 0 bridgehead atoms. The lowest BCUT2D eigenvalue weighted by molar-refractivity contribution is -0.385. The van der Waals surface area contributed by atoms with Gasteiger partial charge in [-0.15, -0.1) is 0 Å². The van der Waals surface area contributed by atoms with Crippen LogP contribution < -0.4 is 5.32 Å². The zero-order chi connectivity index (χ0) is 14.0. The molecule has 1 amide bonds. The van der Waals surface area contributed by atoms with Crippen molar-refractivity contribution in [3.63, 3.8) is 0 Å². The topological polar surface area (TPSA) is 85.4 Å². The van der Waals surface area contributed by atoms with Crippen molar-refractivity contribution in [3.05, 3.63) is 56.4 Å². The number of rotatable bonds is 3. The van der Waals surface area contributed by atoms with Crippen LogP contribution in [0.25, 0.3) is 0 Å². The van der Waals surface area contributed by atoms with Crippen molar-refractivity contribution in [2.75, 3.05) is 5.32 Å². The lowest BCUT2D eigenvalue weighted by Gasteiger charge is -2.04. The van der Waals surface area contributed by atoms with E-state index in [1.165, 1.54) is 24.3 Å². The second kappa shape index (κ2) is 5.23. The summed E-state index contributed by atoms with van der Waals surface area (Å²) in [4.78, 5) is 22.0. The van der Waals surface area contributed by atoms with E-state index in [4.69, 9.17) is 4.42 Å². The lowest BCUT2D eigenvalue weighted by Crippen LogP contribution is -2.11. The van der Waals surface area contributed by atoms with Gasteiger partial charge >= 0.3 is 0 Å². The van der Waals surface area contributed by atoms with E-state index in [9.17, 15) is 14.9 Å². The van der Waals surface area contributed by atoms with E-state index in [0.717, 1.165) is 0 Å². The maximum absolute atomic E-state index is 11.8. The Morgan fingerprint density at radius 3 is 2.63 bits per heavy atom. The summed E-state index contributed by atoms with van der Waals surface area (Å²) in [7, 11) is 0. The molecule has 0 spiro atoms. The predicted octanol–water partition coefficient (Wildman–Crippen LogP) is 3.51. The van der Waals surface area contributed by atoms with Gasteiger partial charge in [0.15, 0.2) is 10.4 Å². The number of hydrogen-bond donors (Lipinski definition) is 1. The molecule has 1 aromatic carbocycles. The highest BCUT2D eigenvalue weighted by molar-refractivity contribution is 9.10. The van der Waals surface area contributed by atoms with Gasteiger partial charge in [0, 0.05) is 17.3 Å². The predicted molar refractivity (Wildman–Crippen MR) is 72.2 cm³/mol. The molecule has 7 heteroatoms. The Balaban J connectivity index is 2.18. The molecule has 2 aromatic rings. The SMILES string of the molecule is Cc1cc(NC(=O)c2ccc(Br)o2)ccc1[N+](=O)[O-]. The smallest absolute Gasteiger partial charge is 0.291 e. The molecule has 98 valence electrons. The summed E-state index contributed by atoms with van der Waals surface area (Å²) in [6.45, 7) is 1.61. The lowest BCUT2D eigenvalue weighted by atomic mass is 10.2. The minimum atomic E-state index is -0.468. The molecule has 0 unspecified atom stereocenters. The summed E-state index contributed by atoms with van der Waals surface area (Å²) < 4.78 is 5.56. The van der Waals surface area contributed by atoms with Crippen LogP contribution in [0, 0.1) is 17.0 Å². The monoisotopic (exact) mass is 324 g/mol. The van der Waals surface area contributed by atoms with Crippen LogP contribution in [0.15, 0.2) is 39.4 Å². The van der Waals surface area contributed by atoms with Gasteiger partial charge in [-0.3, -0.25) is 14.9 Å². The molecular weight excluding hydrogens is 316 g/mol. The molecule has 19 heavy (non-hydrogen) atoms. The number of hydrogen-bond acceptors (Lipinski definition) is 4. The van der Waals surface area contributed by atoms with Gasteiger partial charge in [0.25, 0.3) is 11.6 Å². The fourth-order valence-corrected chi connectivity index (χ4v) is 1.87. The molecule has 6 nitrogen and oxygen atoms in total. The first kappa shape index (κ1) is 13.3. The van der Waals surface area contributed by atoms with Crippen LogP contribution in [0.4, 0.5) is 11.4 Å². The van der Waals surface area contributed by atoms with E-state index >= 15 is 0 Å². The van der Waals surface area contributed by atoms with Gasteiger partial charge in [0.1, 0.15) is 0 Å². The fraction of sp³-hybridized carbons (Fsp3) is 0.0833. The Labute approximate surface area is 116 Å². The molecule has 0 saturated carbocycles. The maximum Gasteiger partial charge on any atom is 0.291 e. The molecule has 0 aliphatic heterocycles. The van der Waals surface area contributed by atoms with Crippen LogP contribution in [0.1, 0.15) is 16.1 Å². The van der Waals surface area contributed by atoms with Gasteiger partial charge in [0.2, 0.25) is 0 Å². The van der Waals surface area contributed by atoms with Crippen molar-refractivity contribution in [3.8, 4) is 0 Å². The number of amides is 1. The van der Waals surface area contributed by atoms with E-state index in [0.29, 0.717) is 15.9 Å². The zero-order valence-electron chi connectivity index (χ0n) is 9.84. The van der Waals surface area contributed by atoms with Crippen molar-refractivity contribution < 1.29 is 14.1 Å². The summed E-state index contributed by atoms with van der Waals surface area (Å²) in [6, 6.07) is 7.49. The second-order valence-corrected chi connectivity index (χ2v) is 4.60. The van der Waals surface area contributed by atoms with E-state index in [1.807, 2.05) is 0 Å². The first-order valence-electron chi connectivity index (χ1n) is 5.29. The number of nitrogens with one attached hydrogen (secondary N) is 1. The quantitative estimate of drug-likeness (QED) is 0.691. The molecule has 0 saturated heterocycles. The number of anilines is 1. The summed E-state index contributed by atoms with van der Waals surface area (Å²) >= 11 is 3.10. The molecule has 0 fully saturated rings. The molecule has 0 radical (unpaired) electrons. The molecule has 1 N–H and O–H groups in total. The highest BCUT2D eigenvalue weighted by atomic mass is 79.9. The third-order valence-electron chi connectivity index (χ3n) is 2.45. The standard InChI is InChI=1S/C12H9BrN2O4/c1-7-6-8(2-3-9(7)15(17)18)14-12(16)10-4-5-11(13)19-10/h2-6H,1H3,(H,14,16).